The minimum absolute atomic E-state index is 0.118. The Morgan fingerprint density at radius 2 is 1.64 bits per heavy atom. The molecule has 5 rings (SSSR count). The highest BCUT2D eigenvalue weighted by molar-refractivity contribution is 6.59. The Labute approximate surface area is 192 Å². The van der Waals surface area contributed by atoms with Gasteiger partial charge in [0.15, 0.2) is 11.5 Å². The Kier molecular flexibility index (Phi) is 4.90. The van der Waals surface area contributed by atoms with E-state index in [2.05, 4.69) is 27.3 Å². The number of halogens is 1. The second kappa shape index (κ2) is 7.55. The molecule has 2 aliphatic heterocycles. The van der Waals surface area contributed by atoms with Crippen molar-refractivity contribution >= 4 is 18.2 Å². The Balaban J connectivity index is 1.49. The molecule has 0 N–H and O–H groups in total. The van der Waals surface area contributed by atoms with Crippen molar-refractivity contribution in [3.05, 3.63) is 76.0 Å². The lowest BCUT2D eigenvalue weighted by atomic mass is 9.83. The number of hydrogen-bond acceptors (Lipinski definition) is 5. The Hall–Kier alpha value is -3.46. The SMILES string of the molecule is CC1=CC(C)=[N+]2C1=C(C)c1c(C)cc(C)n1[B-]2(F)OCc1ccc(-c2nnc(C)nn2)cc1. The van der Waals surface area contributed by atoms with Crippen molar-refractivity contribution < 1.29 is 13.5 Å². The van der Waals surface area contributed by atoms with Crippen molar-refractivity contribution in [2.45, 2.75) is 48.1 Å². The summed E-state index contributed by atoms with van der Waals surface area (Å²) in [4.78, 5) is 0. The van der Waals surface area contributed by atoms with E-state index in [-0.39, 0.29) is 6.61 Å². The van der Waals surface area contributed by atoms with E-state index >= 15 is 4.32 Å². The lowest BCUT2D eigenvalue weighted by Gasteiger charge is -2.38. The second-order valence-electron chi connectivity index (χ2n) is 8.89. The molecule has 0 saturated carbocycles. The molecule has 2 aromatic heterocycles. The third-order valence-electron chi connectivity index (χ3n) is 6.44. The Morgan fingerprint density at radius 1 is 0.970 bits per heavy atom. The standard InChI is InChI=1S/C24H26BFN6O/c1-14-11-16(3)31-22(14)18(5)23-15(2)12-17(4)32(23)25(31,26)33-13-20-7-9-21(10-8-20)24-29-27-19(6)28-30-24/h7-12H,13H2,1-6H3. The number of fused-ring (bicyclic) bond motifs is 2. The van der Waals surface area contributed by atoms with Crippen molar-refractivity contribution in [1.82, 2.24) is 24.9 Å². The van der Waals surface area contributed by atoms with E-state index in [4.69, 9.17) is 4.65 Å². The van der Waals surface area contributed by atoms with E-state index in [1.165, 1.54) is 0 Å². The molecule has 0 spiro atoms. The first kappa shape index (κ1) is 21.4. The van der Waals surface area contributed by atoms with Crippen molar-refractivity contribution in [3.8, 4) is 11.4 Å². The smallest absolute Gasteiger partial charge is 0.476 e. The normalized spacial score (nSPS) is 19.7. The number of aromatic nitrogens is 5. The minimum Gasteiger partial charge on any atom is -0.476 e. The predicted molar refractivity (Wildman–Crippen MR) is 126 cm³/mol. The molecule has 0 fully saturated rings. The molecule has 7 nitrogen and oxygen atoms in total. The second-order valence-corrected chi connectivity index (χ2v) is 8.89. The van der Waals surface area contributed by atoms with E-state index in [0.29, 0.717) is 11.6 Å². The highest BCUT2D eigenvalue weighted by atomic mass is 19.1. The highest BCUT2D eigenvalue weighted by Crippen LogP contribution is 2.41. The molecule has 0 bridgehead atoms. The maximum absolute atomic E-state index is 17.1. The zero-order valence-corrected chi connectivity index (χ0v) is 19.7. The van der Waals surface area contributed by atoms with E-state index in [9.17, 15) is 0 Å². The topological polar surface area (TPSA) is 68.7 Å². The predicted octanol–water partition coefficient (Wildman–Crippen LogP) is 4.31. The molecule has 3 aromatic rings. The molecule has 0 aliphatic carbocycles. The molecule has 2 aliphatic rings. The van der Waals surface area contributed by atoms with Crippen LogP contribution in [0, 0.1) is 20.8 Å². The van der Waals surface area contributed by atoms with Gasteiger partial charge in [-0.3, -0.25) is 0 Å². The molecule has 168 valence electrons. The lowest BCUT2D eigenvalue weighted by Crippen LogP contribution is -2.57. The van der Waals surface area contributed by atoms with E-state index in [0.717, 1.165) is 50.6 Å². The third kappa shape index (κ3) is 3.26. The minimum atomic E-state index is -3.02. The maximum Gasteiger partial charge on any atom is 0.701 e. The third-order valence-corrected chi connectivity index (χ3v) is 6.44. The van der Waals surface area contributed by atoms with Crippen LogP contribution in [-0.2, 0) is 11.3 Å². The van der Waals surface area contributed by atoms with Gasteiger partial charge in [0.2, 0.25) is 5.82 Å². The molecule has 0 saturated heterocycles. The summed E-state index contributed by atoms with van der Waals surface area (Å²) in [7, 11) is 0. The lowest BCUT2D eigenvalue weighted by molar-refractivity contribution is -0.375. The maximum atomic E-state index is 17.1. The van der Waals surface area contributed by atoms with Crippen LogP contribution in [0.5, 0.6) is 0 Å². The molecule has 33 heavy (non-hydrogen) atoms. The zero-order valence-electron chi connectivity index (χ0n) is 19.7. The number of benzene rings is 1. The van der Waals surface area contributed by atoms with Crippen LogP contribution in [0.2, 0.25) is 0 Å². The average molecular weight is 444 g/mol. The largest absolute Gasteiger partial charge is 0.701 e. The van der Waals surface area contributed by atoms with Gasteiger partial charge in [0.1, 0.15) is 5.71 Å². The van der Waals surface area contributed by atoms with E-state index < -0.39 is 6.90 Å². The number of allylic oxidation sites excluding steroid dienone is 3. The monoisotopic (exact) mass is 444 g/mol. The molecular formula is C24H26BFN6O. The van der Waals surface area contributed by atoms with Crippen LogP contribution < -0.4 is 0 Å². The first-order valence-electron chi connectivity index (χ1n) is 11.0. The first-order valence-corrected chi connectivity index (χ1v) is 11.0. The van der Waals surface area contributed by atoms with Crippen LogP contribution in [0.1, 0.15) is 49.1 Å². The molecule has 4 heterocycles. The van der Waals surface area contributed by atoms with Gasteiger partial charge in [-0.05, 0) is 57.5 Å². The van der Waals surface area contributed by atoms with Crippen LogP contribution >= 0.6 is 0 Å². The summed E-state index contributed by atoms with van der Waals surface area (Å²) in [6.45, 7) is 8.79. The van der Waals surface area contributed by atoms with Crippen LogP contribution in [-0.4, -0.2) is 42.0 Å². The average Bonchev–Trinajstić information content (AvgIpc) is 3.27. The number of hydrogen-bond donors (Lipinski definition) is 0. The van der Waals surface area contributed by atoms with E-state index in [1.54, 1.807) is 15.9 Å². The zero-order chi connectivity index (χ0) is 23.5. The summed E-state index contributed by atoms with van der Waals surface area (Å²) in [5.74, 6) is 0.965. The fourth-order valence-corrected chi connectivity index (χ4v) is 5.13. The van der Waals surface area contributed by atoms with Gasteiger partial charge in [-0.25, -0.2) is 0 Å². The molecule has 1 aromatic carbocycles. The first-order chi connectivity index (χ1) is 15.7. The molecular weight excluding hydrogens is 418 g/mol. The molecule has 0 radical (unpaired) electrons. The van der Waals surface area contributed by atoms with Gasteiger partial charge in [-0.1, -0.05) is 24.3 Å². The summed E-state index contributed by atoms with van der Waals surface area (Å²) in [5.41, 5.74) is 8.28. The summed E-state index contributed by atoms with van der Waals surface area (Å²) in [6.07, 6.45) is 2.02. The quantitative estimate of drug-likeness (QED) is 0.561. The van der Waals surface area contributed by atoms with E-state index in [1.807, 2.05) is 64.1 Å². The summed E-state index contributed by atoms with van der Waals surface area (Å²) >= 11 is 0. The van der Waals surface area contributed by atoms with Crippen molar-refractivity contribution in [3.63, 3.8) is 0 Å². The van der Waals surface area contributed by atoms with Gasteiger partial charge >= 0.3 is 6.90 Å². The molecule has 0 amide bonds. The van der Waals surface area contributed by atoms with Gasteiger partial charge in [0.25, 0.3) is 0 Å². The summed E-state index contributed by atoms with van der Waals surface area (Å²) in [5, 5.41) is 16.0. The Morgan fingerprint density at radius 3 is 2.30 bits per heavy atom. The van der Waals surface area contributed by atoms with Crippen LogP contribution in [0.25, 0.3) is 17.0 Å². The summed E-state index contributed by atoms with van der Waals surface area (Å²) < 4.78 is 26.7. The van der Waals surface area contributed by atoms with Gasteiger partial charge in [0.05, 0.1) is 0 Å². The summed E-state index contributed by atoms with van der Waals surface area (Å²) in [6, 6.07) is 9.55. The van der Waals surface area contributed by atoms with Gasteiger partial charge in [-0.2, -0.15) is 0 Å². The van der Waals surface area contributed by atoms with Gasteiger partial charge in [0, 0.05) is 42.0 Å². The van der Waals surface area contributed by atoms with Gasteiger partial charge < -0.3 is 17.9 Å². The van der Waals surface area contributed by atoms with Crippen LogP contribution in [0.3, 0.4) is 0 Å². The Bertz CT molecular complexity index is 1370. The van der Waals surface area contributed by atoms with Crippen LogP contribution in [0.4, 0.5) is 4.32 Å². The highest BCUT2D eigenvalue weighted by Gasteiger charge is 2.55. The van der Waals surface area contributed by atoms with Crippen LogP contribution in [0.15, 0.2) is 47.7 Å². The van der Waals surface area contributed by atoms with Crippen molar-refractivity contribution in [2.24, 2.45) is 0 Å². The van der Waals surface area contributed by atoms with Crippen molar-refractivity contribution in [1.29, 1.82) is 0 Å². The van der Waals surface area contributed by atoms with Crippen molar-refractivity contribution in [2.75, 3.05) is 0 Å². The van der Waals surface area contributed by atoms with Gasteiger partial charge in [-0.15, -0.1) is 20.4 Å². The fourth-order valence-electron chi connectivity index (χ4n) is 5.13. The fraction of sp³-hybridized carbons (Fsp3) is 0.292. The number of rotatable bonds is 4. The number of aryl methyl sites for hydroxylation is 3. The molecule has 1 unspecified atom stereocenters. The molecule has 1 atom stereocenters. The molecule has 9 heteroatoms. The number of nitrogens with zero attached hydrogens (tertiary/aromatic N) is 6.